The van der Waals surface area contributed by atoms with Crippen LogP contribution in [-0.4, -0.2) is 65.8 Å². The molecule has 0 unspecified atom stereocenters. The van der Waals surface area contributed by atoms with Crippen LogP contribution >= 0.6 is 23.4 Å². The maximum absolute atomic E-state index is 12.3. The Hall–Kier alpha value is -2.57. The highest BCUT2D eigenvalue weighted by atomic mass is 35.5. The van der Waals surface area contributed by atoms with E-state index in [9.17, 15) is 22.8 Å². The number of anilines is 2. The van der Waals surface area contributed by atoms with Gasteiger partial charge in [-0.15, -0.1) is 0 Å². The monoisotopic (exact) mass is 555 g/mol. The highest BCUT2D eigenvalue weighted by Crippen LogP contribution is 2.27. The van der Waals surface area contributed by atoms with Crippen molar-refractivity contribution in [2.75, 3.05) is 29.7 Å². The molecule has 1 heterocycles. The number of hydrogen-bond donors (Lipinski definition) is 2. The molecule has 2 N–H and O–H groups in total. The van der Waals surface area contributed by atoms with Crippen LogP contribution in [0.25, 0.3) is 0 Å². The number of carbonyl (C=O) groups excluding carboxylic acids is 3. The lowest BCUT2D eigenvalue weighted by atomic mass is 9.82. The quantitative estimate of drug-likeness (QED) is 0.279. The number of aromatic nitrogens is 3. The van der Waals surface area contributed by atoms with E-state index in [1.54, 1.807) is 0 Å². The van der Waals surface area contributed by atoms with Crippen molar-refractivity contribution >= 4 is 62.4 Å². The average Bonchev–Trinajstić information content (AvgIpc) is 2.78. The summed E-state index contributed by atoms with van der Waals surface area (Å²) in [6, 6.07) is 3.96. The molecule has 1 aromatic heterocycles. The second-order valence-electron chi connectivity index (χ2n) is 8.30. The van der Waals surface area contributed by atoms with Crippen LogP contribution in [0.1, 0.15) is 50.4 Å². The van der Waals surface area contributed by atoms with Gasteiger partial charge >= 0.3 is 0 Å². The molecular formula is C23H30ClN5O5S2. The third-order valence-corrected chi connectivity index (χ3v) is 6.91. The Morgan fingerprint density at radius 3 is 2.25 bits per heavy atom. The summed E-state index contributed by atoms with van der Waals surface area (Å²) < 4.78 is 22.8. The summed E-state index contributed by atoms with van der Waals surface area (Å²) in [5.74, 6) is -1.52. The minimum absolute atomic E-state index is 0.00216. The second-order valence-corrected chi connectivity index (χ2v) is 11.5. The van der Waals surface area contributed by atoms with Gasteiger partial charge in [-0.3, -0.25) is 14.4 Å². The van der Waals surface area contributed by atoms with Gasteiger partial charge in [0.1, 0.15) is 5.92 Å². The zero-order chi connectivity index (χ0) is 27.0. The molecule has 1 aromatic carbocycles. The Morgan fingerprint density at radius 1 is 1.14 bits per heavy atom. The minimum Gasteiger partial charge on any atom is -0.354 e. The van der Waals surface area contributed by atoms with Crippen molar-refractivity contribution in [3.05, 3.63) is 28.8 Å². The van der Waals surface area contributed by atoms with Gasteiger partial charge in [0.15, 0.2) is 32.3 Å². The Labute approximate surface area is 220 Å². The van der Waals surface area contributed by atoms with Crippen molar-refractivity contribution in [1.82, 2.24) is 15.0 Å². The van der Waals surface area contributed by atoms with Gasteiger partial charge in [0.25, 0.3) is 0 Å². The summed E-state index contributed by atoms with van der Waals surface area (Å²) >= 11 is 7.44. The number of sulfone groups is 1. The fraction of sp³-hybridized carbons (Fsp3) is 0.478. The van der Waals surface area contributed by atoms with E-state index in [4.69, 9.17) is 11.6 Å². The molecule has 0 radical (unpaired) electrons. The van der Waals surface area contributed by atoms with Gasteiger partial charge in [-0.2, -0.15) is 15.0 Å². The first-order chi connectivity index (χ1) is 16.9. The summed E-state index contributed by atoms with van der Waals surface area (Å²) in [5.41, 5.74) is -0.00216. The summed E-state index contributed by atoms with van der Waals surface area (Å²) in [6.45, 7) is 6.92. The van der Waals surface area contributed by atoms with Crippen molar-refractivity contribution in [3.8, 4) is 0 Å². The fourth-order valence-electron chi connectivity index (χ4n) is 3.29. The number of nitrogens with one attached hydrogen (secondary N) is 2. The van der Waals surface area contributed by atoms with E-state index in [1.165, 1.54) is 23.9 Å². The first-order valence-corrected chi connectivity index (χ1v) is 14.8. The van der Waals surface area contributed by atoms with Crippen molar-refractivity contribution in [1.29, 1.82) is 0 Å². The van der Waals surface area contributed by atoms with E-state index in [1.807, 2.05) is 13.2 Å². The molecule has 3 rings (SSSR count). The van der Waals surface area contributed by atoms with Gasteiger partial charge in [0.05, 0.1) is 9.92 Å². The first kappa shape index (κ1) is 29.7. The van der Waals surface area contributed by atoms with Crippen LogP contribution in [-0.2, 0) is 19.4 Å². The molecule has 0 amide bonds. The molecule has 1 saturated carbocycles. The SMILES string of the molecule is CCNc1nc(NC(C)C)nc(SC)n1.CS(=O)(=O)c1ccc(C(=O)C2C(=O)CCCC2=O)c(Cl)c1. The van der Waals surface area contributed by atoms with Gasteiger partial charge in [0, 0.05) is 37.2 Å². The Morgan fingerprint density at radius 2 is 1.75 bits per heavy atom. The van der Waals surface area contributed by atoms with Crippen LogP contribution in [0, 0.1) is 5.92 Å². The number of benzene rings is 1. The third kappa shape index (κ3) is 8.24. The lowest BCUT2D eigenvalue weighted by Gasteiger charge is -2.18. The van der Waals surface area contributed by atoms with Crippen molar-refractivity contribution in [2.24, 2.45) is 5.92 Å². The van der Waals surface area contributed by atoms with Crippen molar-refractivity contribution < 1.29 is 22.8 Å². The zero-order valence-corrected chi connectivity index (χ0v) is 23.2. The van der Waals surface area contributed by atoms with E-state index < -0.39 is 33.1 Å². The van der Waals surface area contributed by atoms with Gasteiger partial charge in [-0.1, -0.05) is 23.4 Å². The number of hydrogen-bond acceptors (Lipinski definition) is 11. The molecule has 1 aliphatic carbocycles. The highest BCUT2D eigenvalue weighted by Gasteiger charge is 2.37. The number of Topliss-reactive ketones (excluding diaryl/α,β-unsaturated/α-hetero) is 3. The molecule has 0 saturated heterocycles. The molecule has 2 aromatic rings. The van der Waals surface area contributed by atoms with Gasteiger partial charge in [-0.25, -0.2) is 8.42 Å². The van der Waals surface area contributed by atoms with E-state index in [0.29, 0.717) is 24.4 Å². The lowest BCUT2D eigenvalue weighted by Crippen LogP contribution is -2.35. The number of halogens is 1. The molecule has 0 aliphatic heterocycles. The van der Waals surface area contributed by atoms with Gasteiger partial charge < -0.3 is 10.6 Å². The van der Waals surface area contributed by atoms with Crippen LogP contribution in [0.4, 0.5) is 11.9 Å². The van der Waals surface area contributed by atoms with Gasteiger partial charge in [0.2, 0.25) is 11.9 Å². The molecule has 0 spiro atoms. The number of carbonyl (C=O) groups is 3. The van der Waals surface area contributed by atoms with E-state index in [2.05, 4.69) is 39.4 Å². The molecule has 36 heavy (non-hydrogen) atoms. The molecule has 0 atom stereocenters. The largest absolute Gasteiger partial charge is 0.354 e. The van der Waals surface area contributed by atoms with Crippen molar-refractivity contribution in [2.45, 2.75) is 56.1 Å². The number of rotatable bonds is 8. The molecule has 1 aliphatic rings. The van der Waals surface area contributed by atoms with E-state index in [-0.39, 0.29) is 28.3 Å². The summed E-state index contributed by atoms with van der Waals surface area (Å²) in [6.07, 6.45) is 3.82. The maximum Gasteiger partial charge on any atom is 0.228 e. The predicted octanol–water partition coefficient (Wildman–Crippen LogP) is 3.71. The fourth-order valence-corrected chi connectivity index (χ4v) is 4.63. The maximum atomic E-state index is 12.3. The van der Waals surface area contributed by atoms with Crippen molar-refractivity contribution in [3.63, 3.8) is 0 Å². The Balaban J connectivity index is 0.000000269. The normalized spacial score (nSPS) is 14.3. The number of nitrogens with zero attached hydrogens (tertiary/aromatic N) is 3. The molecular weight excluding hydrogens is 526 g/mol. The molecule has 13 heteroatoms. The Kier molecular flexibility index (Phi) is 10.8. The van der Waals surface area contributed by atoms with Crippen LogP contribution in [0.2, 0.25) is 5.02 Å². The van der Waals surface area contributed by atoms with Crippen LogP contribution in [0.5, 0.6) is 0 Å². The Bertz CT molecular complexity index is 1220. The van der Waals surface area contributed by atoms with Gasteiger partial charge in [-0.05, 0) is 51.6 Å². The van der Waals surface area contributed by atoms with E-state index >= 15 is 0 Å². The van der Waals surface area contributed by atoms with Crippen LogP contribution < -0.4 is 10.6 Å². The third-order valence-electron chi connectivity index (χ3n) is 4.94. The van der Waals surface area contributed by atoms with Crippen LogP contribution in [0.15, 0.2) is 28.3 Å². The average molecular weight is 556 g/mol. The highest BCUT2D eigenvalue weighted by molar-refractivity contribution is 7.98. The van der Waals surface area contributed by atoms with Crippen LogP contribution in [0.3, 0.4) is 0 Å². The number of ketones is 3. The summed E-state index contributed by atoms with van der Waals surface area (Å²) in [4.78, 5) is 48.6. The zero-order valence-electron chi connectivity index (χ0n) is 20.8. The molecule has 0 bridgehead atoms. The molecule has 1 fully saturated rings. The number of thioether (sulfide) groups is 1. The summed E-state index contributed by atoms with van der Waals surface area (Å²) in [5, 5.41) is 6.89. The first-order valence-electron chi connectivity index (χ1n) is 11.3. The summed E-state index contributed by atoms with van der Waals surface area (Å²) in [7, 11) is -3.44. The molecule has 10 nitrogen and oxygen atoms in total. The standard InChI is InChI=1S/C14H13ClO5S.C9H17N5S/c1-21(19,20)8-5-6-9(10(15)7-8)14(18)13-11(16)3-2-4-12(13)17;1-5-10-7-12-8(11-6(2)3)14-9(13-7)15-4/h5-7,13H,2-4H2,1H3;6H,5H2,1-4H3,(H2,10,11,12,13,14). The molecule has 196 valence electrons. The minimum atomic E-state index is -3.44. The second kappa shape index (κ2) is 13.1. The van der Waals surface area contributed by atoms with E-state index in [0.717, 1.165) is 24.0 Å². The smallest absolute Gasteiger partial charge is 0.228 e. The lowest BCUT2D eigenvalue weighted by molar-refractivity contribution is -0.133. The topological polar surface area (TPSA) is 148 Å². The predicted molar refractivity (Wildman–Crippen MR) is 141 cm³/mol.